The van der Waals surface area contributed by atoms with Gasteiger partial charge in [0.05, 0.1) is 0 Å². The second kappa shape index (κ2) is 3.96. The number of allylic oxidation sites excluding steroid dienone is 2. The van der Waals surface area contributed by atoms with E-state index in [1.54, 1.807) is 5.57 Å². The fraction of sp³-hybridized carbons (Fsp3) is 0.750. The van der Waals surface area contributed by atoms with Crippen molar-refractivity contribution in [2.75, 3.05) is 0 Å². The van der Waals surface area contributed by atoms with Crippen LogP contribution in [0.1, 0.15) is 58.8 Å². The van der Waals surface area contributed by atoms with Gasteiger partial charge in [0.2, 0.25) is 0 Å². The second-order valence-electron chi connectivity index (χ2n) is 6.32. The Kier molecular flexibility index (Phi) is 2.68. The SMILES string of the molecule is CCC1=C2CC[C@@]3(C)[CH]CCC3C2CCC1=O. The highest BCUT2D eigenvalue weighted by atomic mass is 16.1. The van der Waals surface area contributed by atoms with Crippen LogP contribution in [0.25, 0.3) is 0 Å². The summed E-state index contributed by atoms with van der Waals surface area (Å²) in [6.45, 7) is 4.60. The maximum atomic E-state index is 12.0. The third-order valence-electron chi connectivity index (χ3n) is 5.56. The normalized spacial score (nSPS) is 41.4. The smallest absolute Gasteiger partial charge is 0.158 e. The molecule has 0 amide bonds. The minimum atomic E-state index is 0.448. The molecule has 17 heavy (non-hydrogen) atoms. The summed E-state index contributed by atoms with van der Waals surface area (Å²) in [6.07, 6.45) is 10.6. The molecule has 3 atom stereocenters. The molecule has 3 aliphatic carbocycles. The minimum absolute atomic E-state index is 0.448. The van der Waals surface area contributed by atoms with Crippen LogP contribution in [-0.2, 0) is 4.79 Å². The number of carbonyl (C=O) groups is 1. The Balaban J connectivity index is 1.99. The Morgan fingerprint density at radius 2 is 2.18 bits per heavy atom. The van der Waals surface area contributed by atoms with Gasteiger partial charge in [-0.25, -0.2) is 0 Å². The molecule has 0 saturated heterocycles. The summed E-state index contributed by atoms with van der Waals surface area (Å²) in [5.41, 5.74) is 3.24. The number of Topliss-reactive ketones (excluding diaryl/α,β-unsaturated/α-hetero) is 1. The highest BCUT2D eigenvalue weighted by Gasteiger charge is 2.48. The van der Waals surface area contributed by atoms with E-state index in [-0.39, 0.29) is 0 Å². The molecule has 0 aromatic carbocycles. The van der Waals surface area contributed by atoms with E-state index >= 15 is 0 Å². The Morgan fingerprint density at radius 1 is 1.35 bits per heavy atom. The van der Waals surface area contributed by atoms with E-state index in [2.05, 4.69) is 20.3 Å². The zero-order valence-electron chi connectivity index (χ0n) is 11.1. The van der Waals surface area contributed by atoms with Crippen LogP contribution in [0.3, 0.4) is 0 Å². The zero-order valence-corrected chi connectivity index (χ0v) is 11.1. The van der Waals surface area contributed by atoms with Crippen molar-refractivity contribution in [3.05, 3.63) is 17.6 Å². The first-order valence-electron chi connectivity index (χ1n) is 7.25. The van der Waals surface area contributed by atoms with Crippen LogP contribution in [0.15, 0.2) is 11.1 Å². The summed E-state index contributed by atoms with van der Waals surface area (Å²) >= 11 is 0. The summed E-state index contributed by atoms with van der Waals surface area (Å²) in [5.74, 6) is 2.02. The van der Waals surface area contributed by atoms with E-state index in [4.69, 9.17) is 0 Å². The van der Waals surface area contributed by atoms with E-state index in [0.29, 0.717) is 11.2 Å². The average molecular weight is 231 g/mol. The van der Waals surface area contributed by atoms with Gasteiger partial charge in [-0.15, -0.1) is 0 Å². The first-order valence-corrected chi connectivity index (χ1v) is 7.25. The van der Waals surface area contributed by atoms with Crippen LogP contribution < -0.4 is 0 Å². The molecule has 3 aliphatic rings. The zero-order chi connectivity index (χ0) is 12.0. The highest BCUT2D eigenvalue weighted by molar-refractivity contribution is 5.97. The molecule has 2 fully saturated rings. The van der Waals surface area contributed by atoms with Gasteiger partial charge in [0.1, 0.15) is 0 Å². The molecule has 1 radical (unpaired) electrons. The maximum absolute atomic E-state index is 12.0. The predicted molar refractivity (Wildman–Crippen MR) is 69.4 cm³/mol. The molecule has 0 aromatic rings. The Hall–Kier alpha value is -0.590. The van der Waals surface area contributed by atoms with Gasteiger partial charge >= 0.3 is 0 Å². The molecule has 0 aliphatic heterocycles. The number of hydrogen-bond acceptors (Lipinski definition) is 1. The van der Waals surface area contributed by atoms with Gasteiger partial charge in [0.15, 0.2) is 5.78 Å². The van der Waals surface area contributed by atoms with Crippen molar-refractivity contribution in [1.82, 2.24) is 0 Å². The summed E-state index contributed by atoms with van der Waals surface area (Å²) in [4.78, 5) is 12.0. The van der Waals surface area contributed by atoms with E-state index in [0.717, 1.165) is 31.1 Å². The first kappa shape index (κ1) is 11.5. The van der Waals surface area contributed by atoms with E-state index < -0.39 is 0 Å². The van der Waals surface area contributed by atoms with Crippen LogP contribution in [0.4, 0.5) is 0 Å². The Morgan fingerprint density at radius 3 is 2.94 bits per heavy atom. The molecule has 0 heterocycles. The van der Waals surface area contributed by atoms with Crippen molar-refractivity contribution < 1.29 is 4.79 Å². The fourth-order valence-electron chi connectivity index (χ4n) is 4.65. The molecular formula is C16H23O. The number of hydrogen-bond donors (Lipinski definition) is 0. The van der Waals surface area contributed by atoms with E-state index in [1.807, 2.05) is 0 Å². The van der Waals surface area contributed by atoms with Crippen LogP contribution >= 0.6 is 0 Å². The van der Waals surface area contributed by atoms with E-state index in [9.17, 15) is 4.79 Å². The van der Waals surface area contributed by atoms with Crippen molar-refractivity contribution >= 4 is 5.78 Å². The van der Waals surface area contributed by atoms with Gasteiger partial charge in [0, 0.05) is 6.42 Å². The molecule has 0 spiro atoms. The lowest BCUT2D eigenvalue weighted by atomic mass is 9.59. The van der Waals surface area contributed by atoms with Crippen LogP contribution in [0.2, 0.25) is 0 Å². The highest BCUT2D eigenvalue weighted by Crippen LogP contribution is 2.58. The van der Waals surface area contributed by atoms with Crippen molar-refractivity contribution in [2.24, 2.45) is 17.3 Å². The average Bonchev–Trinajstić information content (AvgIpc) is 2.71. The van der Waals surface area contributed by atoms with Crippen molar-refractivity contribution in [3.8, 4) is 0 Å². The lowest BCUT2D eigenvalue weighted by Crippen LogP contribution is -2.37. The van der Waals surface area contributed by atoms with Gasteiger partial charge in [-0.1, -0.05) is 19.4 Å². The molecule has 3 rings (SSSR count). The van der Waals surface area contributed by atoms with Gasteiger partial charge in [-0.3, -0.25) is 4.79 Å². The largest absolute Gasteiger partial charge is 0.295 e. The molecule has 1 nitrogen and oxygen atoms in total. The van der Waals surface area contributed by atoms with Gasteiger partial charge in [-0.05, 0) is 67.8 Å². The molecule has 0 bridgehead atoms. The third-order valence-corrected chi connectivity index (χ3v) is 5.56. The number of fused-ring (bicyclic) bond motifs is 3. The summed E-state index contributed by atoms with van der Waals surface area (Å²) in [6, 6.07) is 0. The van der Waals surface area contributed by atoms with Crippen LogP contribution in [0, 0.1) is 23.7 Å². The molecule has 2 saturated carbocycles. The summed E-state index contributed by atoms with van der Waals surface area (Å²) in [7, 11) is 0. The number of ketones is 1. The van der Waals surface area contributed by atoms with Crippen LogP contribution in [0.5, 0.6) is 0 Å². The summed E-state index contributed by atoms with van der Waals surface area (Å²) < 4.78 is 0. The van der Waals surface area contributed by atoms with Gasteiger partial charge in [0.25, 0.3) is 0 Å². The molecular weight excluding hydrogens is 208 g/mol. The predicted octanol–water partition coefficient (Wildman–Crippen LogP) is 4.09. The second-order valence-corrected chi connectivity index (χ2v) is 6.32. The molecule has 0 N–H and O–H groups in total. The topological polar surface area (TPSA) is 17.1 Å². The Bertz CT molecular complexity index is 379. The molecule has 93 valence electrons. The van der Waals surface area contributed by atoms with Crippen molar-refractivity contribution in [3.63, 3.8) is 0 Å². The maximum Gasteiger partial charge on any atom is 0.158 e. The quantitative estimate of drug-likeness (QED) is 0.664. The number of rotatable bonds is 1. The molecule has 1 heteroatoms. The molecule has 2 unspecified atom stereocenters. The lowest BCUT2D eigenvalue weighted by molar-refractivity contribution is -0.117. The fourth-order valence-corrected chi connectivity index (χ4v) is 4.65. The van der Waals surface area contributed by atoms with Crippen LogP contribution in [-0.4, -0.2) is 5.78 Å². The number of carbonyl (C=O) groups excluding carboxylic acids is 1. The standard InChI is InChI=1S/C16H23O/c1-3-11-12-8-10-16(2)9-4-5-14(16)13(12)6-7-15(11)17/h9,13-14H,3-8,10H2,1-2H3/t13?,14?,16-/m1/s1. The first-order chi connectivity index (χ1) is 8.15. The van der Waals surface area contributed by atoms with E-state index in [1.165, 1.54) is 31.3 Å². The van der Waals surface area contributed by atoms with Gasteiger partial charge < -0.3 is 0 Å². The van der Waals surface area contributed by atoms with Crippen molar-refractivity contribution in [2.45, 2.75) is 58.8 Å². The third kappa shape index (κ3) is 1.62. The Labute approximate surface area is 105 Å². The van der Waals surface area contributed by atoms with Crippen molar-refractivity contribution in [1.29, 1.82) is 0 Å². The summed E-state index contributed by atoms with van der Waals surface area (Å²) in [5, 5.41) is 0. The van der Waals surface area contributed by atoms with Gasteiger partial charge in [-0.2, -0.15) is 0 Å². The molecule has 0 aromatic heterocycles. The monoisotopic (exact) mass is 231 g/mol. The lowest BCUT2D eigenvalue weighted by Gasteiger charge is -2.46. The minimum Gasteiger partial charge on any atom is -0.295 e.